The quantitative estimate of drug-likeness (QED) is 0.577. The molecule has 0 heterocycles. The first-order chi connectivity index (χ1) is 7.70. The number of hydrogen-bond donors (Lipinski definition) is 2. The van der Waals surface area contributed by atoms with Crippen LogP contribution in [-0.2, 0) is 4.79 Å². The zero-order valence-corrected chi connectivity index (χ0v) is 10.5. The van der Waals surface area contributed by atoms with E-state index in [-0.39, 0.29) is 0 Å². The van der Waals surface area contributed by atoms with Crippen molar-refractivity contribution in [2.75, 3.05) is 17.3 Å². The monoisotopic (exact) mass is 257 g/mol. The summed E-state index contributed by atoms with van der Waals surface area (Å²) in [7, 11) is 0. The number of hydrogen-bond acceptors (Lipinski definition) is 4. The van der Waals surface area contributed by atoms with Gasteiger partial charge in [-0.3, -0.25) is 4.79 Å². The van der Waals surface area contributed by atoms with E-state index in [1.165, 1.54) is 4.90 Å². The highest BCUT2D eigenvalue weighted by atomic mass is 32.2. The van der Waals surface area contributed by atoms with Crippen molar-refractivity contribution in [3.05, 3.63) is 30.3 Å². The molecule has 1 aromatic rings. The second-order valence-electron chi connectivity index (χ2n) is 3.18. The predicted molar refractivity (Wildman–Crippen MR) is 70.1 cm³/mol. The number of nitrogens with two attached hydrogens (primary N) is 1. The van der Waals surface area contributed by atoms with Gasteiger partial charge < -0.3 is 10.8 Å². The maximum absolute atomic E-state index is 10.4. The Kier molecular flexibility index (Phi) is 6.37. The number of rotatable bonds is 7. The molecule has 16 heavy (non-hydrogen) atoms. The molecule has 1 rings (SSSR count). The summed E-state index contributed by atoms with van der Waals surface area (Å²) in [6.07, 6.45) is 0. The number of benzene rings is 1. The molecule has 0 saturated heterocycles. The molecule has 0 aliphatic rings. The van der Waals surface area contributed by atoms with Crippen molar-refractivity contribution in [2.24, 2.45) is 5.73 Å². The molecule has 3 nitrogen and oxygen atoms in total. The van der Waals surface area contributed by atoms with Crippen LogP contribution < -0.4 is 5.73 Å². The van der Waals surface area contributed by atoms with Gasteiger partial charge in [0.05, 0.1) is 0 Å². The Balaban J connectivity index is 2.07. The van der Waals surface area contributed by atoms with Crippen molar-refractivity contribution in [3.63, 3.8) is 0 Å². The molecule has 0 aliphatic heterocycles. The van der Waals surface area contributed by atoms with Gasteiger partial charge in [-0.2, -0.15) is 11.8 Å². The first-order valence-corrected chi connectivity index (χ1v) is 7.08. The Morgan fingerprint density at radius 1 is 1.31 bits per heavy atom. The highest BCUT2D eigenvalue weighted by Crippen LogP contribution is 2.18. The summed E-state index contributed by atoms with van der Waals surface area (Å²) in [5, 5.41) is 8.57. The van der Waals surface area contributed by atoms with Crippen LogP contribution in [-0.4, -0.2) is 34.4 Å². The number of carboxylic acid groups (broad SMARTS) is 1. The van der Waals surface area contributed by atoms with Crippen LogP contribution in [0.1, 0.15) is 0 Å². The van der Waals surface area contributed by atoms with Crippen molar-refractivity contribution < 1.29 is 9.90 Å². The molecule has 0 fully saturated rings. The van der Waals surface area contributed by atoms with Crippen LogP contribution in [0.4, 0.5) is 0 Å². The van der Waals surface area contributed by atoms with E-state index in [2.05, 4.69) is 12.1 Å². The van der Waals surface area contributed by atoms with Gasteiger partial charge >= 0.3 is 5.97 Å². The van der Waals surface area contributed by atoms with Crippen LogP contribution in [0, 0.1) is 0 Å². The van der Waals surface area contributed by atoms with Crippen LogP contribution in [0.5, 0.6) is 0 Å². The zero-order chi connectivity index (χ0) is 11.8. The van der Waals surface area contributed by atoms with Gasteiger partial charge in [0.1, 0.15) is 6.04 Å². The summed E-state index contributed by atoms with van der Waals surface area (Å²) in [4.78, 5) is 11.7. The van der Waals surface area contributed by atoms with Crippen LogP contribution >= 0.6 is 23.5 Å². The van der Waals surface area contributed by atoms with Gasteiger partial charge in [-0.05, 0) is 12.1 Å². The van der Waals surface area contributed by atoms with Gasteiger partial charge in [-0.25, -0.2) is 0 Å². The lowest BCUT2D eigenvalue weighted by Crippen LogP contribution is -2.32. The molecule has 88 valence electrons. The second kappa shape index (κ2) is 7.60. The number of carboxylic acids is 1. The molecule has 0 aromatic heterocycles. The summed E-state index contributed by atoms with van der Waals surface area (Å²) in [6, 6.07) is 9.40. The van der Waals surface area contributed by atoms with Crippen molar-refractivity contribution in [3.8, 4) is 0 Å². The molecule has 0 amide bonds. The second-order valence-corrected chi connectivity index (χ2v) is 5.50. The molecular formula is C11H15NO2S2. The molecular weight excluding hydrogens is 242 g/mol. The highest BCUT2D eigenvalue weighted by molar-refractivity contribution is 8.03. The number of carbonyl (C=O) groups is 1. The highest BCUT2D eigenvalue weighted by Gasteiger charge is 2.10. The average molecular weight is 257 g/mol. The van der Waals surface area contributed by atoms with Gasteiger partial charge in [0.25, 0.3) is 0 Å². The average Bonchev–Trinajstić information content (AvgIpc) is 2.29. The molecule has 0 saturated carbocycles. The number of thioether (sulfide) groups is 2. The normalized spacial score (nSPS) is 12.3. The van der Waals surface area contributed by atoms with E-state index in [0.29, 0.717) is 5.75 Å². The minimum absolute atomic E-state index is 0.477. The summed E-state index contributed by atoms with van der Waals surface area (Å²) in [5.41, 5.74) is 5.38. The van der Waals surface area contributed by atoms with Crippen LogP contribution in [0.25, 0.3) is 0 Å². The molecule has 1 unspecified atom stereocenters. The van der Waals surface area contributed by atoms with Gasteiger partial charge in [0.15, 0.2) is 0 Å². The maximum Gasteiger partial charge on any atom is 0.321 e. The SMILES string of the molecule is NC(CSCCSc1ccccc1)C(=O)O. The van der Waals surface area contributed by atoms with Gasteiger partial charge in [0.2, 0.25) is 0 Å². The predicted octanol–water partition coefficient (Wildman–Crippen LogP) is 1.92. The van der Waals surface area contributed by atoms with E-state index in [1.807, 2.05) is 18.2 Å². The molecule has 1 atom stereocenters. The van der Waals surface area contributed by atoms with Crippen LogP contribution in [0.2, 0.25) is 0 Å². The fourth-order valence-corrected chi connectivity index (χ4v) is 2.97. The van der Waals surface area contributed by atoms with Crippen LogP contribution in [0.15, 0.2) is 35.2 Å². The summed E-state index contributed by atoms with van der Waals surface area (Å²) in [5.74, 6) is 1.44. The minimum Gasteiger partial charge on any atom is -0.480 e. The minimum atomic E-state index is -0.928. The molecule has 5 heteroatoms. The van der Waals surface area contributed by atoms with Gasteiger partial charge in [-0.1, -0.05) is 18.2 Å². The standard InChI is InChI=1S/C11H15NO2S2/c12-10(11(13)14)8-15-6-7-16-9-4-2-1-3-5-9/h1-5,10H,6-8,12H2,(H,13,14). The smallest absolute Gasteiger partial charge is 0.321 e. The number of aliphatic carboxylic acids is 1. The largest absolute Gasteiger partial charge is 0.480 e. The topological polar surface area (TPSA) is 63.3 Å². The fourth-order valence-electron chi connectivity index (χ4n) is 1.02. The lowest BCUT2D eigenvalue weighted by molar-refractivity contribution is -0.137. The van der Waals surface area contributed by atoms with E-state index >= 15 is 0 Å². The van der Waals surface area contributed by atoms with Crippen molar-refractivity contribution in [1.29, 1.82) is 0 Å². The van der Waals surface area contributed by atoms with Gasteiger partial charge in [0, 0.05) is 22.2 Å². The lowest BCUT2D eigenvalue weighted by Gasteiger charge is -2.05. The molecule has 0 bridgehead atoms. The van der Waals surface area contributed by atoms with E-state index in [1.54, 1.807) is 23.5 Å². The third kappa shape index (κ3) is 5.44. The third-order valence-electron chi connectivity index (χ3n) is 1.85. The van der Waals surface area contributed by atoms with Gasteiger partial charge in [-0.15, -0.1) is 11.8 Å². The fraction of sp³-hybridized carbons (Fsp3) is 0.364. The Hall–Kier alpha value is -0.650. The molecule has 0 aliphatic carbocycles. The lowest BCUT2D eigenvalue weighted by atomic mass is 10.4. The van der Waals surface area contributed by atoms with Crippen molar-refractivity contribution in [2.45, 2.75) is 10.9 Å². The van der Waals surface area contributed by atoms with Crippen molar-refractivity contribution in [1.82, 2.24) is 0 Å². The Morgan fingerprint density at radius 3 is 2.62 bits per heavy atom. The van der Waals surface area contributed by atoms with E-state index in [4.69, 9.17) is 10.8 Å². The van der Waals surface area contributed by atoms with E-state index < -0.39 is 12.0 Å². The Bertz CT molecular complexity index is 319. The first kappa shape index (κ1) is 13.4. The van der Waals surface area contributed by atoms with Crippen LogP contribution in [0.3, 0.4) is 0 Å². The molecule has 1 aromatic carbocycles. The Morgan fingerprint density at radius 2 is 2.00 bits per heavy atom. The summed E-state index contributed by atoms with van der Waals surface area (Å²) in [6.45, 7) is 0. The first-order valence-electron chi connectivity index (χ1n) is 4.94. The zero-order valence-electron chi connectivity index (χ0n) is 8.83. The van der Waals surface area contributed by atoms with Crippen molar-refractivity contribution >= 4 is 29.5 Å². The van der Waals surface area contributed by atoms with E-state index in [0.717, 1.165) is 11.5 Å². The summed E-state index contributed by atoms with van der Waals surface area (Å²) < 4.78 is 0. The molecule has 3 N–H and O–H groups in total. The maximum atomic E-state index is 10.4. The molecule has 0 spiro atoms. The Labute approximate surface area is 104 Å². The third-order valence-corrected chi connectivity index (χ3v) is 4.21. The molecule has 0 radical (unpaired) electrons. The summed E-state index contributed by atoms with van der Waals surface area (Å²) >= 11 is 3.35. The van der Waals surface area contributed by atoms with E-state index in [9.17, 15) is 4.79 Å².